The topological polar surface area (TPSA) is 36.9 Å². The Morgan fingerprint density at radius 1 is 0.613 bits per heavy atom. The Labute approximate surface area is 184 Å². The molecule has 0 fully saturated rings. The molecule has 3 atom stereocenters. The highest BCUT2D eigenvalue weighted by Gasteiger charge is 2.34. The molecule has 4 heteroatoms. The molecule has 1 aliphatic heterocycles. The smallest absolute Gasteiger partial charge is 0.150 e. The largest absolute Gasteiger partial charge is 0.493 e. The Bertz CT molecular complexity index is 912. The van der Waals surface area contributed by atoms with Crippen LogP contribution < -0.4 is 0 Å². The zero-order chi connectivity index (χ0) is 21.1. The molecule has 1 heterocycles. The standard InChI is InChI=1S/C27H28O4/c1-4-10-22(11-5-1)18-28-21-26-27(31-20-24-14-8-3-9-15-24)25(16-17-29-26)30-19-23-12-6-2-7-13-23/h1-17,25-27H,18-21H2/t25-,26-,27+/m0/s1. The fourth-order valence-corrected chi connectivity index (χ4v) is 3.51. The van der Waals surface area contributed by atoms with Gasteiger partial charge < -0.3 is 18.9 Å². The summed E-state index contributed by atoms with van der Waals surface area (Å²) < 4.78 is 24.4. The van der Waals surface area contributed by atoms with Gasteiger partial charge in [0.05, 0.1) is 32.7 Å². The van der Waals surface area contributed by atoms with Crippen molar-refractivity contribution in [3.8, 4) is 0 Å². The molecule has 4 rings (SSSR count). The maximum absolute atomic E-state index is 6.30. The van der Waals surface area contributed by atoms with Crippen molar-refractivity contribution in [1.82, 2.24) is 0 Å². The second-order valence-electron chi connectivity index (χ2n) is 7.53. The van der Waals surface area contributed by atoms with Crippen LogP contribution in [0, 0.1) is 0 Å². The molecule has 0 radical (unpaired) electrons. The molecule has 3 aromatic rings. The van der Waals surface area contributed by atoms with Crippen LogP contribution in [0.4, 0.5) is 0 Å². The molecule has 3 aromatic carbocycles. The van der Waals surface area contributed by atoms with E-state index in [-0.39, 0.29) is 18.3 Å². The molecule has 0 aromatic heterocycles. The first-order valence-corrected chi connectivity index (χ1v) is 10.6. The predicted octanol–water partition coefficient (Wildman–Crippen LogP) is 5.29. The summed E-state index contributed by atoms with van der Waals surface area (Å²) in [5.74, 6) is 0. The third-order valence-corrected chi connectivity index (χ3v) is 5.18. The Kier molecular flexibility index (Phi) is 7.88. The fourth-order valence-electron chi connectivity index (χ4n) is 3.51. The van der Waals surface area contributed by atoms with Gasteiger partial charge in [0.25, 0.3) is 0 Å². The lowest BCUT2D eigenvalue weighted by molar-refractivity contribution is -0.147. The highest BCUT2D eigenvalue weighted by atomic mass is 16.6. The number of benzene rings is 3. The van der Waals surface area contributed by atoms with Crippen molar-refractivity contribution in [1.29, 1.82) is 0 Å². The Morgan fingerprint density at radius 3 is 1.71 bits per heavy atom. The molecule has 0 saturated heterocycles. The van der Waals surface area contributed by atoms with E-state index in [1.807, 2.05) is 60.7 Å². The van der Waals surface area contributed by atoms with Crippen molar-refractivity contribution in [2.45, 2.75) is 38.1 Å². The Morgan fingerprint density at radius 2 is 1.13 bits per heavy atom. The van der Waals surface area contributed by atoms with Crippen molar-refractivity contribution < 1.29 is 18.9 Å². The molecule has 0 aliphatic carbocycles. The van der Waals surface area contributed by atoms with Crippen LogP contribution in [0.2, 0.25) is 0 Å². The lowest BCUT2D eigenvalue weighted by Crippen LogP contribution is -2.45. The van der Waals surface area contributed by atoms with Crippen LogP contribution in [0.3, 0.4) is 0 Å². The molecule has 0 saturated carbocycles. The average Bonchev–Trinajstić information content (AvgIpc) is 2.84. The van der Waals surface area contributed by atoms with E-state index in [1.54, 1.807) is 6.26 Å². The number of hydrogen-bond donors (Lipinski definition) is 0. The van der Waals surface area contributed by atoms with Crippen LogP contribution in [0.1, 0.15) is 16.7 Å². The minimum Gasteiger partial charge on any atom is -0.493 e. The summed E-state index contributed by atoms with van der Waals surface area (Å²) in [6.45, 7) is 1.96. The second kappa shape index (κ2) is 11.5. The van der Waals surface area contributed by atoms with Gasteiger partial charge in [-0.3, -0.25) is 0 Å². The number of rotatable bonds is 10. The van der Waals surface area contributed by atoms with Gasteiger partial charge >= 0.3 is 0 Å². The van der Waals surface area contributed by atoms with Crippen molar-refractivity contribution in [3.05, 3.63) is 120 Å². The van der Waals surface area contributed by atoms with Crippen molar-refractivity contribution in [2.24, 2.45) is 0 Å². The maximum Gasteiger partial charge on any atom is 0.150 e. The molecular weight excluding hydrogens is 388 g/mol. The van der Waals surface area contributed by atoms with E-state index in [4.69, 9.17) is 18.9 Å². The maximum atomic E-state index is 6.30. The van der Waals surface area contributed by atoms with Gasteiger partial charge in [-0.2, -0.15) is 0 Å². The molecule has 0 bridgehead atoms. The quantitative estimate of drug-likeness (QED) is 0.450. The summed E-state index contributed by atoms with van der Waals surface area (Å²) in [6, 6.07) is 30.4. The van der Waals surface area contributed by atoms with Gasteiger partial charge in [0.1, 0.15) is 18.3 Å². The van der Waals surface area contributed by atoms with Crippen LogP contribution in [0.25, 0.3) is 0 Å². The third kappa shape index (κ3) is 6.53. The van der Waals surface area contributed by atoms with E-state index in [2.05, 4.69) is 36.4 Å². The minimum absolute atomic E-state index is 0.219. The molecule has 4 nitrogen and oxygen atoms in total. The van der Waals surface area contributed by atoms with Crippen LogP contribution in [0.5, 0.6) is 0 Å². The predicted molar refractivity (Wildman–Crippen MR) is 120 cm³/mol. The molecule has 0 N–H and O–H groups in total. The van der Waals surface area contributed by atoms with E-state index in [1.165, 1.54) is 0 Å². The van der Waals surface area contributed by atoms with Gasteiger partial charge in [-0.15, -0.1) is 0 Å². The fraction of sp³-hybridized carbons (Fsp3) is 0.259. The van der Waals surface area contributed by atoms with Crippen LogP contribution in [-0.2, 0) is 38.8 Å². The zero-order valence-electron chi connectivity index (χ0n) is 17.5. The zero-order valence-corrected chi connectivity index (χ0v) is 17.5. The lowest BCUT2D eigenvalue weighted by Gasteiger charge is -2.34. The first-order valence-electron chi connectivity index (χ1n) is 10.6. The summed E-state index contributed by atoms with van der Waals surface area (Å²) in [4.78, 5) is 0. The van der Waals surface area contributed by atoms with E-state index >= 15 is 0 Å². The SMILES string of the molecule is C1=C[C@H](OCc2ccccc2)[C@@H](OCc2ccccc2)[C@H](COCc2ccccc2)O1. The summed E-state index contributed by atoms with van der Waals surface area (Å²) >= 11 is 0. The number of ether oxygens (including phenoxy) is 4. The van der Waals surface area contributed by atoms with Crippen LogP contribution in [-0.4, -0.2) is 24.9 Å². The monoisotopic (exact) mass is 416 g/mol. The summed E-state index contributed by atoms with van der Waals surface area (Å²) in [7, 11) is 0. The van der Waals surface area contributed by atoms with Gasteiger partial charge in [0.15, 0.2) is 0 Å². The number of hydrogen-bond acceptors (Lipinski definition) is 4. The lowest BCUT2D eigenvalue weighted by atomic mass is 10.1. The Balaban J connectivity index is 1.39. The van der Waals surface area contributed by atoms with E-state index in [0.717, 1.165) is 16.7 Å². The normalized spacial score (nSPS) is 20.3. The second-order valence-corrected chi connectivity index (χ2v) is 7.53. The Hall–Kier alpha value is -2.92. The van der Waals surface area contributed by atoms with Crippen molar-refractivity contribution in [2.75, 3.05) is 6.61 Å². The summed E-state index contributed by atoms with van der Waals surface area (Å²) in [6.07, 6.45) is 2.88. The first-order chi connectivity index (χ1) is 15.4. The molecule has 0 unspecified atom stereocenters. The van der Waals surface area contributed by atoms with Gasteiger partial charge in [-0.1, -0.05) is 91.0 Å². The highest BCUT2D eigenvalue weighted by Crippen LogP contribution is 2.22. The third-order valence-electron chi connectivity index (χ3n) is 5.18. The molecule has 0 spiro atoms. The molecule has 1 aliphatic rings. The van der Waals surface area contributed by atoms with Gasteiger partial charge in [0, 0.05) is 0 Å². The van der Waals surface area contributed by atoms with Gasteiger partial charge in [0.2, 0.25) is 0 Å². The highest BCUT2D eigenvalue weighted by molar-refractivity contribution is 5.15. The molecule has 160 valence electrons. The van der Waals surface area contributed by atoms with Crippen LogP contribution in [0.15, 0.2) is 103 Å². The van der Waals surface area contributed by atoms with E-state index in [0.29, 0.717) is 26.4 Å². The average molecular weight is 417 g/mol. The van der Waals surface area contributed by atoms with E-state index in [9.17, 15) is 0 Å². The minimum atomic E-state index is -0.273. The first kappa shape index (κ1) is 21.3. The summed E-state index contributed by atoms with van der Waals surface area (Å²) in [5, 5.41) is 0. The van der Waals surface area contributed by atoms with Crippen LogP contribution >= 0.6 is 0 Å². The molecule has 0 amide bonds. The van der Waals surface area contributed by atoms with Gasteiger partial charge in [-0.25, -0.2) is 0 Å². The molecule has 31 heavy (non-hydrogen) atoms. The molecular formula is C27H28O4. The van der Waals surface area contributed by atoms with Crippen molar-refractivity contribution >= 4 is 0 Å². The summed E-state index contributed by atoms with van der Waals surface area (Å²) in [5.41, 5.74) is 3.37. The van der Waals surface area contributed by atoms with E-state index < -0.39 is 0 Å². The van der Waals surface area contributed by atoms with Crippen molar-refractivity contribution in [3.63, 3.8) is 0 Å². The van der Waals surface area contributed by atoms with Gasteiger partial charge in [-0.05, 0) is 22.8 Å².